The number of aryl methyl sites for hydroxylation is 1. The minimum atomic E-state index is -4.62. The van der Waals surface area contributed by atoms with Gasteiger partial charge in [0.1, 0.15) is 16.4 Å². The Morgan fingerprint density at radius 1 is 1.08 bits per heavy atom. The molecule has 3 saturated heterocycles. The molecular weight excluding hydrogens is 491 g/mol. The molecule has 3 aliphatic heterocycles. The van der Waals surface area contributed by atoms with E-state index in [4.69, 9.17) is 4.74 Å². The molecule has 6 rings (SSSR count). The number of amides is 1. The number of thiazole rings is 1. The topological polar surface area (TPSA) is 80.2 Å². The van der Waals surface area contributed by atoms with Crippen molar-refractivity contribution in [1.82, 2.24) is 25.2 Å². The smallest absolute Gasteiger partial charge is 0.451 e. The van der Waals surface area contributed by atoms with Gasteiger partial charge in [-0.1, -0.05) is 0 Å². The summed E-state index contributed by atoms with van der Waals surface area (Å²) in [4.78, 5) is 28.0. The molecule has 1 atom stereocenters. The average molecular weight is 518 g/mol. The van der Waals surface area contributed by atoms with Gasteiger partial charge in [-0.3, -0.25) is 4.79 Å². The third-order valence-corrected chi connectivity index (χ3v) is 7.76. The second-order valence-corrected chi connectivity index (χ2v) is 10.7. The number of piperidine rings is 3. The summed E-state index contributed by atoms with van der Waals surface area (Å²) in [5.41, 5.74) is 1.31. The van der Waals surface area contributed by atoms with E-state index in [1.807, 2.05) is 13.0 Å². The highest BCUT2D eigenvalue weighted by Crippen LogP contribution is 2.38. The van der Waals surface area contributed by atoms with E-state index in [1.165, 1.54) is 11.3 Å². The maximum atomic E-state index is 13.2. The molecule has 11 heteroatoms. The fourth-order valence-electron chi connectivity index (χ4n) is 4.67. The Kier molecular flexibility index (Phi) is 6.46. The minimum absolute atomic E-state index is 0.231. The number of carbonyl (C=O) groups is 1. The summed E-state index contributed by atoms with van der Waals surface area (Å²) < 4.78 is 44.9. The van der Waals surface area contributed by atoms with Gasteiger partial charge in [0.05, 0.1) is 6.04 Å². The summed E-state index contributed by atoms with van der Waals surface area (Å²) in [6.07, 6.45) is 2.16. The van der Waals surface area contributed by atoms with E-state index in [2.05, 4.69) is 25.2 Å². The summed E-state index contributed by atoms with van der Waals surface area (Å²) in [6, 6.07) is 4.82. The Labute approximate surface area is 210 Å². The molecule has 3 aliphatic rings. The summed E-state index contributed by atoms with van der Waals surface area (Å²) in [5.74, 6) is -0.976. The minimum Gasteiger partial charge on any atom is -0.487 e. The Morgan fingerprint density at radius 3 is 2.33 bits per heavy atom. The quantitative estimate of drug-likeness (QED) is 0.494. The van der Waals surface area contributed by atoms with Crippen LogP contribution in [0.4, 0.5) is 13.2 Å². The van der Waals surface area contributed by atoms with Crippen molar-refractivity contribution in [2.45, 2.75) is 50.9 Å². The number of aromatic nitrogens is 3. The van der Waals surface area contributed by atoms with Gasteiger partial charge in [-0.05, 0) is 51.3 Å². The summed E-state index contributed by atoms with van der Waals surface area (Å²) in [7, 11) is 0. The maximum absolute atomic E-state index is 13.2. The first-order valence-corrected chi connectivity index (χ1v) is 12.6. The van der Waals surface area contributed by atoms with Crippen LogP contribution in [0, 0.1) is 6.92 Å². The van der Waals surface area contributed by atoms with Crippen molar-refractivity contribution in [3.05, 3.63) is 58.6 Å². The molecule has 1 amide bonds. The Bertz CT molecular complexity index is 1240. The van der Waals surface area contributed by atoms with Gasteiger partial charge >= 0.3 is 6.18 Å². The third kappa shape index (κ3) is 5.22. The molecule has 3 fully saturated rings. The van der Waals surface area contributed by atoms with Crippen LogP contribution in [-0.2, 0) is 6.18 Å². The van der Waals surface area contributed by atoms with Crippen LogP contribution < -0.4 is 10.1 Å². The zero-order valence-corrected chi connectivity index (χ0v) is 20.7. The van der Waals surface area contributed by atoms with Crippen molar-refractivity contribution in [2.24, 2.45) is 0 Å². The van der Waals surface area contributed by atoms with E-state index < -0.39 is 18.0 Å². The zero-order chi connectivity index (χ0) is 25.5. The van der Waals surface area contributed by atoms with Crippen molar-refractivity contribution < 1.29 is 22.7 Å². The van der Waals surface area contributed by atoms with Gasteiger partial charge in [0.2, 0.25) is 5.82 Å². The second kappa shape index (κ2) is 9.44. The van der Waals surface area contributed by atoms with Gasteiger partial charge < -0.3 is 15.0 Å². The predicted octanol–water partition coefficient (Wildman–Crippen LogP) is 5.04. The van der Waals surface area contributed by atoms with Crippen molar-refractivity contribution >= 4 is 17.2 Å². The molecule has 0 spiro atoms. The van der Waals surface area contributed by atoms with Crippen LogP contribution in [0.3, 0.4) is 0 Å². The molecule has 1 N–H and O–H groups in total. The van der Waals surface area contributed by atoms with E-state index in [0.29, 0.717) is 16.9 Å². The number of hydrogen-bond donors (Lipinski definition) is 1. The zero-order valence-electron chi connectivity index (χ0n) is 19.9. The first kappa shape index (κ1) is 24.6. The van der Waals surface area contributed by atoms with Gasteiger partial charge in [0.15, 0.2) is 0 Å². The standard InChI is InChI=1S/C25H26F3N5O2S/c1-15-12-29-22(36-15)18-9-17(10-20(11-18)35-24-3-6-33(7-4-24)8-5-24)21(34)32-16(2)19-13-30-23(31-14-19)25(26,27)28/h9-14,16H,3-8H2,1-2H3,(H,32,34)/t16-/m1/s1. The van der Waals surface area contributed by atoms with E-state index >= 15 is 0 Å². The number of halogens is 3. The van der Waals surface area contributed by atoms with Crippen LogP contribution >= 0.6 is 11.3 Å². The molecule has 0 radical (unpaired) electrons. The summed E-state index contributed by atoms with van der Waals surface area (Å²) in [6.45, 7) is 6.66. The lowest BCUT2D eigenvalue weighted by molar-refractivity contribution is -0.145. The highest BCUT2D eigenvalue weighted by atomic mass is 32.1. The fourth-order valence-corrected chi connectivity index (χ4v) is 5.42. The largest absolute Gasteiger partial charge is 0.487 e. The van der Waals surface area contributed by atoms with Gasteiger partial charge in [-0.15, -0.1) is 11.3 Å². The number of benzene rings is 1. The van der Waals surface area contributed by atoms with Gasteiger partial charge in [0.25, 0.3) is 5.91 Å². The predicted molar refractivity (Wildman–Crippen MR) is 129 cm³/mol. The molecule has 5 heterocycles. The summed E-state index contributed by atoms with van der Waals surface area (Å²) in [5, 5.41) is 3.62. The van der Waals surface area contributed by atoms with Gasteiger partial charge in [-0.2, -0.15) is 13.2 Å². The van der Waals surface area contributed by atoms with E-state index in [9.17, 15) is 18.0 Å². The van der Waals surface area contributed by atoms with Crippen LogP contribution in [0.5, 0.6) is 5.75 Å². The number of ether oxygens (including phenoxy) is 1. The van der Waals surface area contributed by atoms with Crippen LogP contribution in [0.1, 0.15) is 58.9 Å². The monoisotopic (exact) mass is 517 g/mol. The third-order valence-electron chi connectivity index (χ3n) is 6.80. The number of rotatable bonds is 6. The number of carbonyl (C=O) groups excluding carboxylic acids is 1. The Balaban J connectivity index is 1.40. The molecule has 36 heavy (non-hydrogen) atoms. The van der Waals surface area contributed by atoms with Crippen LogP contribution in [-0.4, -0.2) is 51.0 Å². The molecule has 190 valence electrons. The first-order valence-electron chi connectivity index (χ1n) is 11.8. The van der Waals surface area contributed by atoms with Gasteiger partial charge in [-0.25, -0.2) is 15.0 Å². The summed E-state index contributed by atoms with van der Waals surface area (Å²) >= 11 is 1.53. The highest BCUT2D eigenvalue weighted by Gasteiger charge is 2.41. The fraction of sp³-hybridized carbons (Fsp3) is 0.440. The van der Waals surface area contributed by atoms with Crippen molar-refractivity contribution in [3.8, 4) is 16.3 Å². The highest BCUT2D eigenvalue weighted by molar-refractivity contribution is 7.14. The van der Waals surface area contributed by atoms with Crippen molar-refractivity contribution in [2.75, 3.05) is 19.6 Å². The second-order valence-electron chi connectivity index (χ2n) is 9.43. The molecule has 3 aromatic rings. The number of alkyl halides is 3. The molecule has 2 bridgehead atoms. The molecule has 0 unspecified atom stereocenters. The molecule has 7 nitrogen and oxygen atoms in total. The maximum Gasteiger partial charge on any atom is 0.451 e. The Hall–Kier alpha value is -3.05. The van der Waals surface area contributed by atoms with Crippen molar-refractivity contribution in [3.63, 3.8) is 0 Å². The Morgan fingerprint density at radius 2 is 1.75 bits per heavy atom. The van der Waals surface area contributed by atoms with E-state index in [0.717, 1.165) is 66.7 Å². The van der Waals surface area contributed by atoms with Crippen molar-refractivity contribution in [1.29, 1.82) is 0 Å². The SMILES string of the molecule is Cc1cnc(-c2cc(OC34CCN(CC3)CC4)cc(C(=O)N[C@H](C)c3cnc(C(F)(F)F)nc3)c2)s1. The van der Waals surface area contributed by atoms with E-state index in [-0.39, 0.29) is 11.5 Å². The number of nitrogens with one attached hydrogen (secondary N) is 1. The van der Waals surface area contributed by atoms with E-state index in [1.54, 1.807) is 25.3 Å². The van der Waals surface area contributed by atoms with Gasteiger partial charge in [0, 0.05) is 59.8 Å². The lowest BCUT2D eigenvalue weighted by Gasteiger charge is -2.48. The molecule has 1 aromatic carbocycles. The molecule has 2 aromatic heterocycles. The first-order chi connectivity index (χ1) is 17.1. The number of fused-ring (bicyclic) bond motifs is 3. The van der Waals surface area contributed by atoms with Crippen LogP contribution in [0.2, 0.25) is 0 Å². The number of nitrogens with zero attached hydrogens (tertiary/aromatic N) is 4. The molecule has 0 saturated carbocycles. The lowest BCUT2D eigenvalue weighted by Crippen LogP contribution is -2.55. The molecule has 0 aliphatic carbocycles. The lowest BCUT2D eigenvalue weighted by atomic mass is 9.83. The normalized spacial score (nSPS) is 22.3. The number of hydrogen-bond acceptors (Lipinski definition) is 7. The van der Waals surface area contributed by atoms with Crippen LogP contribution in [0.25, 0.3) is 10.6 Å². The van der Waals surface area contributed by atoms with Crippen LogP contribution in [0.15, 0.2) is 36.8 Å². The molecular formula is C25H26F3N5O2S. The average Bonchev–Trinajstić information content (AvgIpc) is 3.30.